The molecule has 3 nitrogen and oxygen atoms in total. The smallest absolute Gasteiger partial charge is 0.266 e. The number of hydrogen-bond donors (Lipinski definition) is 0. The minimum absolute atomic E-state index is 0.0355. The van der Waals surface area contributed by atoms with Crippen LogP contribution in [-0.4, -0.2) is 28.3 Å². The summed E-state index contributed by atoms with van der Waals surface area (Å²) in [6, 6.07) is 7.93. The average Bonchev–Trinajstić information content (AvgIpc) is 2.91. The summed E-state index contributed by atoms with van der Waals surface area (Å²) in [6.45, 7) is 3.43. The maximum Gasteiger partial charge on any atom is 0.266 e. The zero-order valence-corrected chi connectivity index (χ0v) is 16.8. The van der Waals surface area contributed by atoms with Crippen LogP contribution in [0, 0.1) is 0 Å². The van der Waals surface area contributed by atoms with Gasteiger partial charge in [0.1, 0.15) is 16.7 Å². The van der Waals surface area contributed by atoms with Gasteiger partial charge < -0.3 is 4.74 Å². The molecule has 2 aliphatic heterocycles. The molecule has 1 amide bonds. The number of para-hydroxylation sites is 1. The average molecular weight is 388 g/mol. The lowest BCUT2D eigenvalue weighted by Crippen LogP contribution is -2.29. The Kier molecular flexibility index (Phi) is 6.92. The quantitative estimate of drug-likeness (QED) is 0.331. The minimum atomic E-state index is 0.0355. The van der Waals surface area contributed by atoms with E-state index in [0.717, 1.165) is 36.3 Å². The molecule has 3 rings (SSSR count). The monoisotopic (exact) mass is 387 g/mol. The summed E-state index contributed by atoms with van der Waals surface area (Å²) >= 11 is 6.82. The van der Waals surface area contributed by atoms with Gasteiger partial charge >= 0.3 is 0 Å². The first kappa shape index (κ1) is 19.2. The van der Waals surface area contributed by atoms with E-state index in [4.69, 9.17) is 17.0 Å². The molecule has 2 heterocycles. The van der Waals surface area contributed by atoms with Gasteiger partial charge in [0.15, 0.2) is 0 Å². The zero-order chi connectivity index (χ0) is 18.4. The van der Waals surface area contributed by atoms with Crippen molar-refractivity contribution < 1.29 is 9.53 Å². The van der Waals surface area contributed by atoms with Crippen molar-refractivity contribution in [3.8, 4) is 5.75 Å². The second-order valence-electron chi connectivity index (χ2n) is 6.65. The van der Waals surface area contributed by atoms with Gasteiger partial charge in [-0.15, -0.1) is 0 Å². The molecule has 0 aliphatic carbocycles. The molecule has 138 valence electrons. The van der Waals surface area contributed by atoms with Crippen molar-refractivity contribution in [2.45, 2.75) is 45.4 Å². The van der Waals surface area contributed by atoms with E-state index in [1.165, 1.54) is 37.4 Å². The van der Waals surface area contributed by atoms with Gasteiger partial charge in [0.25, 0.3) is 5.91 Å². The fourth-order valence-corrected chi connectivity index (χ4v) is 4.45. The Labute approximate surface area is 165 Å². The fourth-order valence-electron chi connectivity index (χ4n) is 3.13. The van der Waals surface area contributed by atoms with Crippen LogP contribution in [0.1, 0.15) is 51.0 Å². The van der Waals surface area contributed by atoms with Crippen molar-refractivity contribution in [2.24, 2.45) is 0 Å². The molecule has 0 radical (unpaired) electrons. The highest BCUT2D eigenvalue weighted by molar-refractivity contribution is 8.26. The summed E-state index contributed by atoms with van der Waals surface area (Å²) in [5, 5.41) is 0. The molecule has 1 saturated heterocycles. The highest BCUT2D eigenvalue weighted by Gasteiger charge is 2.31. The van der Waals surface area contributed by atoms with Crippen LogP contribution in [0.5, 0.6) is 5.75 Å². The molecule has 0 N–H and O–H groups in total. The lowest BCUT2D eigenvalue weighted by Gasteiger charge is -2.16. The highest BCUT2D eigenvalue weighted by Crippen LogP contribution is 2.34. The van der Waals surface area contributed by atoms with Crippen LogP contribution in [-0.2, 0) is 4.79 Å². The second kappa shape index (κ2) is 9.38. The SMILES string of the molecule is CCCCCCCCN1C(=O)C(=CC2=Cc3ccccc3OC2)SC1=S. The van der Waals surface area contributed by atoms with Crippen molar-refractivity contribution in [1.82, 2.24) is 4.90 Å². The summed E-state index contributed by atoms with van der Waals surface area (Å²) < 4.78 is 6.44. The molecule has 26 heavy (non-hydrogen) atoms. The van der Waals surface area contributed by atoms with Gasteiger partial charge in [0.2, 0.25) is 0 Å². The van der Waals surface area contributed by atoms with Gasteiger partial charge in [0, 0.05) is 12.1 Å². The topological polar surface area (TPSA) is 29.5 Å². The van der Waals surface area contributed by atoms with E-state index in [9.17, 15) is 4.79 Å². The van der Waals surface area contributed by atoms with E-state index in [0.29, 0.717) is 15.8 Å². The molecule has 0 atom stereocenters. The number of nitrogens with zero attached hydrogens (tertiary/aromatic N) is 1. The van der Waals surface area contributed by atoms with Gasteiger partial charge in [-0.2, -0.15) is 0 Å². The molecule has 1 aromatic carbocycles. The number of carbonyl (C=O) groups is 1. The van der Waals surface area contributed by atoms with Crippen LogP contribution in [0.3, 0.4) is 0 Å². The number of thiocarbonyl (C=S) groups is 1. The lowest BCUT2D eigenvalue weighted by molar-refractivity contribution is -0.122. The molecule has 2 aliphatic rings. The number of carbonyl (C=O) groups excluding carboxylic acids is 1. The van der Waals surface area contributed by atoms with Crippen LogP contribution in [0.15, 0.2) is 40.8 Å². The van der Waals surface area contributed by atoms with Crippen LogP contribution in [0.2, 0.25) is 0 Å². The highest BCUT2D eigenvalue weighted by atomic mass is 32.2. The van der Waals surface area contributed by atoms with E-state index >= 15 is 0 Å². The molecule has 1 fully saturated rings. The predicted molar refractivity (Wildman–Crippen MR) is 113 cm³/mol. The van der Waals surface area contributed by atoms with Crippen LogP contribution >= 0.6 is 24.0 Å². The molecular formula is C21H25NO2S2. The van der Waals surface area contributed by atoms with Crippen molar-refractivity contribution in [2.75, 3.05) is 13.2 Å². The van der Waals surface area contributed by atoms with E-state index < -0.39 is 0 Å². The largest absolute Gasteiger partial charge is 0.488 e. The molecule has 0 aromatic heterocycles. The third-order valence-electron chi connectivity index (χ3n) is 4.58. The van der Waals surface area contributed by atoms with Gasteiger partial charge in [-0.05, 0) is 30.2 Å². The Hall–Kier alpha value is -1.59. The normalized spacial score (nSPS) is 18.1. The van der Waals surface area contributed by atoms with Crippen molar-refractivity contribution in [3.05, 3.63) is 46.4 Å². The summed E-state index contributed by atoms with van der Waals surface area (Å²) in [7, 11) is 0. The van der Waals surface area contributed by atoms with Gasteiger partial charge in [-0.1, -0.05) is 81.2 Å². The number of hydrogen-bond acceptors (Lipinski definition) is 4. The third kappa shape index (κ3) is 4.77. The van der Waals surface area contributed by atoms with Crippen molar-refractivity contribution >= 4 is 40.3 Å². The Morgan fingerprint density at radius 2 is 1.96 bits per heavy atom. The molecule has 0 bridgehead atoms. The van der Waals surface area contributed by atoms with Crippen LogP contribution in [0.4, 0.5) is 0 Å². The van der Waals surface area contributed by atoms with Crippen molar-refractivity contribution in [1.29, 1.82) is 0 Å². The Bertz CT molecular complexity index is 739. The Morgan fingerprint density at radius 3 is 2.81 bits per heavy atom. The summed E-state index contributed by atoms with van der Waals surface area (Å²) in [4.78, 5) is 15.1. The number of ether oxygens (including phenoxy) is 1. The molecule has 5 heteroatoms. The second-order valence-corrected chi connectivity index (χ2v) is 8.32. The number of fused-ring (bicyclic) bond motifs is 1. The summed E-state index contributed by atoms with van der Waals surface area (Å²) in [5.74, 6) is 0.925. The lowest BCUT2D eigenvalue weighted by atomic mass is 10.1. The van der Waals surface area contributed by atoms with Gasteiger partial charge in [0.05, 0.1) is 4.91 Å². The number of unbranched alkanes of at least 4 members (excludes halogenated alkanes) is 5. The fraction of sp³-hybridized carbons (Fsp3) is 0.429. The third-order valence-corrected chi connectivity index (χ3v) is 5.96. The van der Waals surface area contributed by atoms with Crippen molar-refractivity contribution in [3.63, 3.8) is 0 Å². The minimum Gasteiger partial charge on any atom is -0.488 e. The Morgan fingerprint density at radius 1 is 1.19 bits per heavy atom. The Balaban J connectivity index is 1.58. The van der Waals surface area contributed by atoms with E-state index in [1.54, 1.807) is 4.90 Å². The molecule has 0 saturated carbocycles. The molecule has 0 spiro atoms. The predicted octanol–water partition coefficient (Wildman–Crippen LogP) is 5.57. The maximum atomic E-state index is 12.7. The zero-order valence-electron chi connectivity index (χ0n) is 15.2. The van der Waals surface area contributed by atoms with E-state index in [2.05, 4.69) is 13.0 Å². The first-order chi connectivity index (χ1) is 12.7. The number of amides is 1. The molecule has 0 unspecified atom stereocenters. The van der Waals surface area contributed by atoms with Gasteiger partial charge in [-0.3, -0.25) is 9.69 Å². The standard InChI is InChI=1S/C21H25NO2S2/c1-2-3-4-5-6-9-12-22-20(23)19(26-21(22)25)14-16-13-17-10-7-8-11-18(17)24-15-16/h7-8,10-11,13-14H,2-6,9,12,15H2,1H3. The summed E-state index contributed by atoms with van der Waals surface area (Å²) in [6.07, 6.45) is 11.3. The van der Waals surface area contributed by atoms with Crippen LogP contribution in [0.25, 0.3) is 6.08 Å². The first-order valence-electron chi connectivity index (χ1n) is 9.37. The van der Waals surface area contributed by atoms with E-state index in [-0.39, 0.29) is 5.91 Å². The first-order valence-corrected chi connectivity index (χ1v) is 10.6. The molecular weight excluding hydrogens is 362 g/mol. The molecule has 1 aromatic rings. The number of thioether (sulfide) groups is 1. The summed E-state index contributed by atoms with van der Waals surface area (Å²) in [5.41, 5.74) is 2.05. The number of rotatable bonds is 8. The maximum absolute atomic E-state index is 12.7. The van der Waals surface area contributed by atoms with E-state index in [1.807, 2.05) is 30.3 Å². The van der Waals surface area contributed by atoms with Gasteiger partial charge in [-0.25, -0.2) is 0 Å². The van der Waals surface area contributed by atoms with Crippen LogP contribution < -0.4 is 4.74 Å². The number of benzene rings is 1.